The highest BCUT2D eigenvalue weighted by atomic mass is 35.5. The van der Waals surface area contributed by atoms with Crippen LogP contribution in [-0.4, -0.2) is 147 Å². The minimum absolute atomic E-state index is 0.0767. The number of allylic oxidation sites excluding steroid dienone is 1. The number of sulfonamides is 1. The van der Waals surface area contributed by atoms with Crippen LogP contribution in [0.25, 0.3) is 5.57 Å². The third-order valence-electron chi connectivity index (χ3n) is 14.4. The van der Waals surface area contributed by atoms with Crippen LogP contribution < -0.4 is 14.9 Å². The molecule has 4 aromatic rings. The van der Waals surface area contributed by atoms with Gasteiger partial charge in [0.1, 0.15) is 11.3 Å². The molecule has 4 aliphatic rings. The number of likely N-dealkylation sites (tertiary alicyclic amines) is 1. The number of carbonyl (C=O) groups excluding carboxylic acids is 2. The molecular weight excluding hydrogens is 984 g/mol. The number of nitrogens with zero attached hydrogens (tertiary/aromatic N) is 6. The topological polar surface area (TPSA) is 161 Å². The number of thioether (sulfide) groups is 1. The van der Waals surface area contributed by atoms with Gasteiger partial charge in [-0.25, -0.2) is 17.9 Å². The Labute approximate surface area is 440 Å². The number of halogens is 1. The number of piperazine rings is 2. The van der Waals surface area contributed by atoms with E-state index in [0.29, 0.717) is 18.8 Å². The summed E-state index contributed by atoms with van der Waals surface area (Å²) < 4.78 is 35.0. The number of rotatable bonds is 18. The normalized spacial score (nSPS) is 20.0. The molecule has 4 aromatic carbocycles. The minimum Gasteiger partial charge on any atom is -0.444 e. The number of nitrogens with one attached hydrogen (secondary N) is 2. The van der Waals surface area contributed by atoms with Crippen molar-refractivity contribution in [3.05, 3.63) is 129 Å². The molecule has 2 N–H and O–H groups in total. The average Bonchev–Trinajstić information content (AvgIpc) is 3.89. The van der Waals surface area contributed by atoms with Crippen molar-refractivity contribution in [1.82, 2.24) is 24.3 Å². The Bertz CT molecular complexity index is 2680. The van der Waals surface area contributed by atoms with Crippen molar-refractivity contribution in [3.8, 4) is 0 Å². The summed E-state index contributed by atoms with van der Waals surface area (Å²) in [6.45, 7) is 19.0. The van der Waals surface area contributed by atoms with E-state index in [-0.39, 0.29) is 39.4 Å². The summed E-state index contributed by atoms with van der Waals surface area (Å²) in [6, 6.07) is 28.7. The smallest absolute Gasteiger partial charge is 0.410 e. The largest absolute Gasteiger partial charge is 0.444 e. The van der Waals surface area contributed by atoms with Crippen molar-refractivity contribution in [2.24, 2.45) is 5.41 Å². The number of hydrogen-bond acceptors (Lipinski definition) is 13. The van der Waals surface area contributed by atoms with Gasteiger partial charge in [-0.05, 0) is 150 Å². The van der Waals surface area contributed by atoms with E-state index in [4.69, 9.17) is 16.3 Å². The Morgan fingerprint density at radius 2 is 1.52 bits per heavy atom. The molecule has 0 bridgehead atoms. The molecule has 1 aliphatic carbocycles. The molecule has 1 unspecified atom stereocenters. The molecule has 3 fully saturated rings. The van der Waals surface area contributed by atoms with E-state index >= 15 is 0 Å². The SMILES string of the molecule is CC1(CN2CCN(C(=O)OC(C)(C)C)CC2)CCC(c2ccc(Cl)cc2)=C(CN2CCN(c3ccc(C(=O)NS(=O)(=O)c4ccc(N[C@H](CCN5CCCC5)CSc5ccccc5)c([N+](=O)[O-])c4)cc3)CC2)C1. The summed E-state index contributed by atoms with van der Waals surface area (Å²) in [5, 5.41) is 16.5. The van der Waals surface area contributed by atoms with Gasteiger partial charge in [-0.2, -0.15) is 0 Å². The van der Waals surface area contributed by atoms with E-state index in [0.717, 1.165) is 132 Å². The Morgan fingerprint density at radius 1 is 0.849 bits per heavy atom. The molecule has 0 spiro atoms. The molecule has 2 amide bonds. The molecule has 3 aliphatic heterocycles. The molecular formula is C55H71ClN8O7S2. The maximum Gasteiger partial charge on any atom is 0.410 e. The monoisotopic (exact) mass is 1050 g/mol. The highest BCUT2D eigenvalue weighted by molar-refractivity contribution is 7.99. The second-order valence-electron chi connectivity index (χ2n) is 21.3. The first kappa shape index (κ1) is 54.1. The third-order valence-corrected chi connectivity index (χ3v) is 17.2. The van der Waals surface area contributed by atoms with E-state index in [9.17, 15) is 28.1 Å². The van der Waals surface area contributed by atoms with Gasteiger partial charge in [-0.15, -0.1) is 11.8 Å². The fourth-order valence-electron chi connectivity index (χ4n) is 10.5. The van der Waals surface area contributed by atoms with Gasteiger partial charge >= 0.3 is 6.09 Å². The maximum absolute atomic E-state index is 13.6. The molecule has 0 saturated carbocycles. The van der Waals surface area contributed by atoms with E-state index in [1.165, 1.54) is 28.8 Å². The Morgan fingerprint density at radius 3 is 2.18 bits per heavy atom. The van der Waals surface area contributed by atoms with Crippen LogP contribution in [0.3, 0.4) is 0 Å². The Balaban J connectivity index is 0.863. The lowest BCUT2D eigenvalue weighted by Crippen LogP contribution is -2.52. The molecule has 73 heavy (non-hydrogen) atoms. The molecule has 392 valence electrons. The molecule has 0 aromatic heterocycles. The van der Waals surface area contributed by atoms with Crippen molar-refractivity contribution in [1.29, 1.82) is 0 Å². The summed E-state index contributed by atoms with van der Waals surface area (Å²) in [7, 11) is -4.46. The van der Waals surface area contributed by atoms with Crippen LogP contribution in [0.5, 0.6) is 0 Å². The summed E-state index contributed by atoms with van der Waals surface area (Å²) in [5.74, 6) is -0.166. The Kier molecular flexibility index (Phi) is 17.8. The predicted octanol–water partition coefficient (Wildman–Crippen LogP) is 9.74. The van der Waals surface area contributed by atoms with Gasteiger partial charge in [0.15, 0.2) is 0 Å². The van der Waals surface area contributed by atoms with E-state index < -0.39 is 26.5 Å². The van der Waals surface area contributed by atoms with Gasteiger partial charge in [-0.1, -0.05) is 54.4 Å². The number of hydrogen-bond donors (Lipinski definition) is 2. The summed E-state index contributed by atoms with van der Waals surface area (Å²) in [4.78, 5) is 50.2. The van der Waals surface area contributed by atoms with Crippen molar-refractivity contribution in [3.63, 3.8) is 0 Å². The Hall–Kier alpha value is -5.17. The van der Waals surface area contributed by atoms with Crippen LogP contribution in [0.15, 0.2) is 112 Å². The zero-order valence-electron chi connectivity index (χ0n) is 42.7. The fraction of sp³-hybridized carbons (Fsp3) is 0.491. The highest BCUT2D eigenvalue weighted by Gasteiger charge is 2.36. The first-order valence-corrected chi connectivity index (χ1v) is 28.5. The van der Waals surface area contributed by atoms with Crippen molar-refractivity contribution < 1.29 is 27.7 Å². The number of nitro groups is 1. The predicted molar refractivity (Wildman–Crippen MR) is 292 cm³/mol. The molecule has 3 heterocycles. The van der Waals surface area contributed by atoms with Crippen LogP contribution >= 0.6 is 23.4 Å². The lowest BCUT2D eigenvalue weighted by Gasteiger charge is -2.44. The standard InChI is InChI=1S/C55H71ClN8O7S2/c1-54(2,3)71-53(66)63-34-30-61(31-35-63)40-55(4)24-22-49(41-12-16-44(56)17-13-41)43(37-55)38-60-28-32-62(33-29-60)46-18-14-42(15-19-46)52(65)58-73(69,70)48-20-21-50(51(36-48)64(67)68)57-45(23-27-59-25-8-9-26-59)39-72-47-10-6-5-7-11-47/h5-7,10-21,36,45,57H,8-9,22-35,37-40H2,1-4H3,(H,58,65)/t45-,55?/m1/s1. The minimum atomic E-state index is -4.46. The van der Waals surface area contributed by atoms with Crippen molar-refractivity contribution in [2.75, 3.05) is 101 Å². The fourth-order valence-corrected chi connectivity index (χ4v) is 12.6. The van der Waals surface area contributed by atoms with Crippen LogP contribution in [0, 0.1) is 15.5 Å². The van der Waals surface area contributed by atoms with Gasteiger partial charge < -0.3 is 24.8 Å². The van der Waals surface area contributed by atoms with Gasteiger partial charge in [0.2, 0.25) is 0 Å². The number of carbonyl (C=O) groups is 2. The summed E-state index contributed by atoms with van der Waals surface area (Å²) in [6.07, 6.45) is 5.86. The first-order valence-electron chi connectivity index (χ1n) is 25.7. The second-order valence-corrected chi connectivity index (χ2v) is 24.5. The molecule has 0 radical (unpaired) electrons. The lowest BCUT2D eigenvalue weighted by atomic mass is 9.71. The van der Waals surface area contributed by atoms with E-state index in [2.05, 4.69) is 48.7 Å². The zero-order valence-corrected chi connectivity index (χ0v) is 45.1. The van der Waals surface area contributed by atoms with E-state index in [1.807, 2.05) is 80.3 Å². The first-order chi connectivity index (χ1) is 34.9. The maximum atomic E-state index is 13.6. The van der Waals surface area contributed by atoms with Gasteiger partial charge in [0, 0.05) is 111 Å². The summed E-state index contributed by atoms with van der Waals surface area (Å²) >= 11 is 7.99. The van der Waals surface area contributed by atoms with Gasteiger partial charge in [-0.3, -0.25) is 24.7 Å². The number of nitro benzene ring substituents is 1. The van der Waals surface area contributed by atoms with Gasteiger partial charge in [0.25, 0.3) is 21.6 Å². The third kappa shape index (κ3) is 15.0. The second kappa shape index (κ2) is 24.0. The van der Waals surface area contributed by atoms with Gasteiger partial charge in [0.05, 0.1) is 9.82 Å². The van der Waals surface area contributed by atoms with Crippen LogP contribution in [-0.2, 0) is 14.8 Å². The molecule has 18 heteroatoms. The zero-order chi connectivity index (χ0) is 51.8. The molecule has 15 nitrogen and oxygen atoms in total. The molecule has 8 rings (SSSR count). The molecule has 2 atom stereocenters. The van der Waals surface area contributed by atoms with Crippen LogP contribution in [0.1, 0.15) is 82.1 Å². The van der Waals surface area contributed by atoms with Crippen LogP contribution in [0.4, 0.5) is 21.9 Å². The molecule has 3 saturated heterocycles. The lowest BCUT2D eigenvalue weighted by molar-refractivity contribution is -0.384. The van der Waals surface area contributed by atoms with E-state index in [1.54, 1.807) is 23.9 Å². The quantitative estimate of drug-likeness (QED) is 0.0551. The average molecular weight is 1060 g/mol. The summed E-state index contributed by atoms with van der Waals surface area (Å²) in [5.41, 5.74) is 4.56. The number of benzene rings is 4. The number of amides is 2. The number of anilines is 2. The number of ether oxygens (including phenoxy) is 1. The van der Waals surface area contributed by atoms with Crippen LogP contribution in [0.2, 0.25) is 5.02 Å². The van der Waals surface area contributed by atoms with Crippen molar-refractivity contribution >= 4 is 68.0 Å². The van der Waals surface area contributed by atoms with Crippen molar-refractivity contribution in [2.45, 2.75) is 87.7 Å². The highest BCUT2D eigenvalue weighted by Crippen LogP contribution is 2.44.